The van der Waals surface area contributed by atoms with Crippen molar-refractivity contribution in [3.8, 4) is 5.75 Å². The number of halogens is 4. The lowest BCUT2D eigenvalue weighted by molar-refractivity contribution is -0.153. The zero-order chi connectivity index (χ0) is 21.6. The van der Waals surface area contributed by atoms with Gasteiger partial charge in [-0.2, -0.15) is 18.3 Å². The number of alkyl halides is 3. The van der Waals surface area contributed by atoms with Crippen LogP contribution in [0.15, 0.2) is 29.3 Å². The van der Waals surface area contributed by atoms with E-state index in [0.717, 1.165) is 23.4 Å². The molecule has 0 aliphatic rings. The Balaban J connectivity index is 0.00000450. The van der Waals surface area contributed by atoms with Crippen molar-refractivity contribution in [2.24, 2.45) is 12.0 Å². The third-order valence-electron chi connectivity index (χ3n) is 4.54. The number of nitrogens with zero attached hydrogens (tertiary/aromatic N) is 3. The fraction of sp³-hybridized carbons (Fsp3) is 0.500. The molecule has 0 bridgehead atoms. The molecule has 0 spiro atoms. The number of hydrogen-bond donors (Lipinski definition) is 2. The van der Waals surface area contributed by atoms with Gasteiger partial charge in [-0.25, -0.2) is 0 Å². The molecule has 1 aromatic heterocycles. The number of benzene rings is 1. The molecule has 0 radical (unpaired) electrons. The Morgan fingerprint density at radius 1 is 1.30 bits per heavy atom. The van der Waals surface area contributed by atoms with E-state index in [4.69, 9.17) is 4.74 Å². The van der Waals surface area contributed by atoms with E-state index in [1.54, 1.807) is 19.2 Å². The summed E-state index contributed by atoms with van der Waals surface area (Å²) in [6.45, 7) is 5.20. The van der Waals surface area contributed by atoms with Crippen LogP contribution in [0.3, 0.4) is 0 Å². The molecule has 1 aromatic carbocycles. The number of aliphatic imine (C=N–C) groups is 1. The Hall–Kier alpha value is -1.98. The molecule has 6 nitrogen and oxygen atoms in total. The molecule has 1 unspecified atom stereocenters. The fourth-order valence-corrected chi connectivity index (χ4v) is 2.99. The lowest BCUT2D eigenvalue weighted by Gasteiger charge is -2.18. The topological polar surface area (TPSA) is 63.5 Å². The summed E-state index contributed by atoms with van der Waals surface area (Å²) in [5, 5.41) is 10.9. The SMILES string of the molecule is CN=C(NCc1cccc(OCC(F)(F)F)c1)NC(C)Cc1c(C)nn(C)c1C.I. The molecule has 2 rings (SSSR count). The van der Waals surface area contributed by atoms with Gasteiger partial charge in [0.15, 0.2) is 12.6 Å². The molecule has 30 heavy (non-hydrogen) atoms. The van der Waals surface area contributed by atoms with E-state index in [1.165, 1.54) is 11.6 Å². The third kappa shape index (κ3) is 8.04. The maximum Gasteiger partial charge on any atom is 0.422 e. The van der Waals surface area contributed by atoms with Crippen molar-refractivity contribution in [3.05, 3.63) is 46.8 Å². The number of aryl methyl sites for hydroxylation is 2. The second-order valence-corrected chi connectivity index (χ2v) is 7.00. The minimum atomic E-state index is -4.36. The lowest BCUT2D eigenvalue weighted by atomic mass is 10.1. The molecule has 0 fully saturated rings. The Morgan fingerprint density at radius 2 is 2.00 bits per heavy atom. The number of nitrogens with one attached hydrogen (secondary N) is 2. The predicted molar refractivity (Wildman–Crippen MR) is 123 cm³/mol. The van der Waals surface area contributed by atoms with Crippen molar-refractivity contribution in [1.82, 2.24) is 20.4 Å². The minimum Gasteiger partial charge on any atom is -0.484 e. The van der Waals surface area contributed by atoms with Gasteiger partial charge in [-0.15, -0.1) is 24.0 Å². The summed E-state index contributed by atoms with van der Waals surface area (Å²) in [6, 6.07) is 6.67. The van der Waals surface area contributed by atoms with Crippen LogP contribution in [-0.2, 0) is 20.0 Å². The van der Waals surface area contributed by atoms with Crippen molar-refractivity contribution in [1.29, 1.82) is 0 Å². The largest absolute Gasteiger partial charge is 0.484 e. The molecule has 1 atom stereocenters. The lowest BCUT2D eigenvalue weighted by Crippen LogP contribution is -2.42. The highest BCUT2D eigenvalue weighted by Gasteiger charge is 2.28. The number of rotatable bonds is 7. The van der Waals surface area contributed by atoms with Crippen LogP contribution in [0.5, 0.6) is 5.75 Å². The quantitative estimate of drug-likeness (QED) is 0.319. The first kappa shape index (κ1) is 26.1. The molecular formula is C20H29F3IN5O. The first-order valence-corrected chi connectivity index (χ1v) is 9.33. The molecule has 0 saturated heterocycles. The molecular weight excluding hydrogens is 510 g/mol. The predicted octanol–water partition coefficient (Wildman–Crippen LogP) is 3.89. The van der Waals surface area contributed by atoms with E-state index in [1.807, 2.05) is 31.6 Å². The summed E-state index contributed by atoms with van der Waals surface area (Å²) in [7, 11) is 3.60. The zero-order valence-electron chi connectivity index (χ0n) is 17.8. The minimum absolute atomic E-state index is 0. The zero-order valence-corrected chi connectivity index (χ0v) is 20.1. The van der Waals surface area contributed by atoms with Gasteiger partial charge in [-0.3, -0.25) is 9.67 Å². The first-order valence-electron chi connectivity index (χ1n) is 9.33. The maximum atomic E-state index is 12.3. The Bertz CT molecular complexity index is 851. The van der Waals surface area contributed by atoms with Gasteiger partial charge in [0.2, 0.25) is 0 Å². The average Bonchev–Trinajstić information content (AvgIpc) is 2.89. The summed E-state index contributed by atoms with van der Waals surface area (Å²) in [4.78, 5) is 4.22. The summed E-state index contributed by atoms with van der Waals surface area (Å²) in [6.07, 6.45) is -3.56. The fourth-order valence-electron chi connectivity index (χ4n) is 2.99. The highest BCUT2D eigenvalue weighted by molar-refractivity contribution is 14.0. The van der Waals surface area contributed by atoms with Gasteiger partial charge in [-0.05, 0) is 50.5 Å². The van der Waals surface area contributed by atoms with Crippen LogP contribution in [0.1, 0.15) is 29.4 Å². The Labute approximate surface area is 192 Å². The Morgan fingerprint density at radius 3 is 2.57 bits per heavy atom. The van der Waals surface area contributed by atoms with Crippen LogP contribution in [-0.4, -0.2) is 41.6 Å². The van der Waals surface area contributed by atoms with E-state index in [9.17, 15) is 13.2 Å². The van der Waals surface area contributed by atoms with Crippen LogP contribution < -0.4 is 15.4 Å². The van der Waals surface area contributed by atoms with Gasteiger partial charge < -0.3 is 15.4 Å². The molecule has 2 aromatic rings. The highest BCUT2D eigenvalue weighted by Crippen LogP contribution is 2.19. The molecule has 0 amide bonds. The van der Waals surface area contributed by atoms with E-state index in [-0.39, 0.29) is 35.8 Å². The molecule has 10 heteroatoms. The van der Waals surface area contributed by atoms with Gasteiger partial charge in [0, 0.05) is 32.4 Å². The molecule has 0 aliphatic heterocycles. The van der Waals surface area contributed by atoms with E-state index < -0.39 is 12.8 Å². The second-order valence-electron chi connectivity index (χ2n) is 7.00. The summed E-state index contributed by atoms with van der Waals surface area (Å²) in [5.74, 6) is 0.791. The monoisotopic (exact) mass is 539 g/mol. The molecule has 168 valence electrons. The third-order valence-corrected chi connectivity index (χ3v) is 4.54. The maximum absolute atomic E-state index is 12.3. The molecule has 1 heterocycles. The van der Waals surface area contributed by atoms with Gasteiger partial charge >= 0.3 is 6.18 Å². The van der Waals surface area contributed by atoms with Gasteiger partial charge in [-0.1, -0.05) is 12.1 Å². The van der Waals surface area contributed by atoms with Crippen LogP contribution in [0.2, 0.25) is 0 Å². The van der Waals surface area contributed by atoms with Crippen molar-refractivity contribution >= 4 is 29.9 Å². The normalized spacial score (nSPS) is 12.9. The van der Waals surface area contributed by atoms with Gasteiger partial charge in [0.25, 0.3) is 0 Å². The van der Waals surface area contributed by atoms with E-state index in [2.05, 4.69) is 27.6 Å². The van der Waals surface area contributed by atoms with Gasteiger partial charge in [0.05, 0.1) is 5.69 Å². The number of guanidine groups is 1. The summed E-state index contributed by atoms with van der Waals surface area (Å²) in [5.41, 5.74) is 4.14. The van der Waals surface area contributed by atoms with Crippen molar-refractivity contribution in [2.45, 2.75) is 46.0 Å². The number of aromatic nitrogens is 2. The van der Waals surface area contributed by atoms with E-state index >= 15 is 0 Å². The van der Waals surface area contributed by atoms with Crippen molar-refractivity contribution in [3.63, 3.8) is 0 Å². The number of ether oxygens (including phenoxy) is 1. The van der Waals surface area contributed by atoms with E-state index in [0.29, 0.717) is 12.5 Å². The Kier molecular flexibility index (Phi) is 9.92. The van der Waals surface area contributed by atoms with Gasteiger partial charge in [0.1, 0.15) is 5.75 Å². The number of hydrogen-bond acceptors (Lipinski definition) is 3. The summed E-state index contributed by atoms with van der Waals surface area (Å²) >= 11 is 0. The van der Waals surface area contributed by atoms with Crippen LogP contribution in [0, 0.1) is 13.8 Å². The van der Waals surface area contributed by atoms with Crippen molar-refractivity contribution < 1.29 is 17.9 Å². The second kappa shape index (κ2) is 11.4. The standard InChI is InChI=1S/C20H28F3N5O.HI/c1-13(9-18-14(2)27-28(5)15(18)3)26-19(24-4)25-11-16-7-6-8-17(10-16)29-12-20(21,22)23;/h6-8,10,13H,9,11-12H2,1-5H3,(H2,24,25,26);1H. The first-order chi connectivity index (χ1) is 13.6. The highest BCUT2D eigenvalue weighted by atomic mass is 127. The molecule has 0 aliphatic carbocycles. The smallest absolute Gasteiger partial charge is 0.422 e. The van der Waals surface area contributed by atoms with Crippen LogP contribution in [0.25, 0.3) is 0 Å². The molecule has 2 N–H and O–H groups in total. The average molecular weight is 539 g/mol. The molecule has 0 saturated carbocycles. The van der Waals surface area contributed by atoms with Crippen LogP contribution in [0.4, 0.5) is 13.2 Å². The van der Waals surface area contributed by atoms with Crippen molar-refractivity contribution in [2.75, 3.05) is 13.7 Å². The van der Waals surface area contributed by atoms with Crippen LogP contribution >= 0.6 is 24.0 Å². The summed E-state index contributed by atoms with van der Waals surface area (Å²) < 4.78 is 43.6.